The van der Waals surface area contributed by atoms with E-state index in [1.807, 2.05) is 37.3 Å². The molecular formula is C18H20ClNO. The van der Waals surface area contributed by atoms with Crippen molar-refractivity contribution in [3.8, 4) is 5.75 Å². The van der Waals surface area contributed by atoms with Crippen LogP contribution < -0.4 is 4.74 Å². The summed E-state index contributed by atoms with van der Waals surface area (Å²) < 4.78 is 5.58. The third-order valence-electron chi connectivity index (χ3n) is 3.18. The summed E-state index contributed by atoms with van der Waals surface area (Å²) in [5, 5.41) is 0.676. The Bertz CT molecular complexity index is 618. The fourth-order valence-corrected chi connectivity index (χ4v) is 2.18. The third kappa shape index (κ3) is 4.33. The predicted octanol–water partition coefficient (Wildman–Crippen LogP) is 5.61. The van der Waals surface area contributed by atoms with Gasteiger partial charge in [-0.15, -0.1) is 0 Å². The normalized spacial score (nSPS) is 11.3. The Kier molecular flexibility index (Phi) is 5.40. The number of benzene rings is 2. The van der Waals surface area contributed by atoms with Crippen LogP contribution in [0.5, 0.6) is 5.75 Å². The van der Waals surface area contributed by atoms with Gasteiger partial charge in [0.15, 0.2) is 0 Å². The number of ether oxygens (including phenoxy) is 1. The summed E-state index contributed by atoms with van der Waals surface area (Å²) in [5.74, 6) is 1.32. The smallest absolute Gasteiger partial charge is 0.128 e. The molecule has 0 spiro atoms. The van der Waals surface area contributed by atoms with Gasteiger partial charge in [-0.25, -0.2) is 0 Å². The van der Waals surface area contributed by atoms with E-state index in [0.717, 1.165) is 17.0 Å². The standard InChI is InChI=1S/C18H20ClNO/c1-4-21-18-10-7-16(19)11-15(18)12-20-17-8-5-14(6-9-17)13(2)3/h5-13H,4H2,1-3H3. The van der Waals surface area contributed by atoms with Crippen molar-refractivity contribution in [3.63, 3.8) is 0 Å². The van der Waals surface area contributed by atoms with Gasteiger partial charge in [0.05, 0.1) is 12.3 Å². The van der Waals surface area contributed by atoms with Crippen molar-refractivity contribution >= 4 is 23.5 Å². The van der Waals surface area contributed by atoms with Gasteiger partial charge in [0.1, 0.15) is 5.75 Å². The molecule has 2 aromatic rings. The van der Waals surface area contributed by atoms with Gasteiger partial charge in [-0.3, -0.25) is 4.99 Å². The average molecular weight is 302 g/mol. The first-order chi connectivity index (χ1) is 10.1. The van der Waals surface area contributed by atoms with E-state index in [1.54, 1.807) is 6.21 Å². The summed E-state index contributed by atoms with van der Waals surface area (Å²) in [4.78, 5) is 4.50. The zero-order chi connectivity index (χ0) is 15.2. The largest absolute Gasteiger partial charge is 0.493 e. The first kappa shape index (κ1) is 15.6. The van der Waals surface area contributed by atoms with Gasteiger partial charge in [0.25, 0.3) is 0 Å². The Morgan fingerprint density at radius 2 is 1.86 bits per heavy atom. The van der Waals surface area contributed by atoms with E-state index >= 15 is 0 Å². The van der Waals surface area contributed by atoms with Crippen molar-refractivity contribution < 1.29 is 4.74 Å². The van der Waals surface area contributed by atoms with Gasteiger partial charge in [0, 0.05) is 16.8 Å². The fourth-order valence-electron chi connectivity index (χ4n) is 2.00. The Hall–Kier alpha value is -1.80. The summed E-state index contributed by atoms with van der Waals surface area (Å²) in [5.41, 5.74) is 3.12. The monoisotopic (exact) mass is 301 g/mol. The quantitative estimate of drug-likeness (QED) is 0.657. The molecule has 0 N–H and O–H groups in total. The average Bonchev–Trinajstić information content (AvgIpc) is 2.48. The summed E-state index contributed by atoms with van der Waals surface area (Å²) in [6.07, 6.45) is 1.79. The van der Waals surface area contributed by atoms with E-state index < -0.39 is 0 Å². The number of halogens is 1. The topological polar surface area (TPSA) is 21.6 Å². The molecule has 3 heteroatoms. The highest BCUT2D eigenvalue weighted by Crippen LogP contribution is 2.23. The van der Waals surface area contributed by atoms with E-state index in [1.165, 1.54) is 5.56 Å². The lowest BCUT2D eigenvalue weighted by Crippen LogP contribution is -1.95. The van der Waals surface area contributed by atoms with Crippen LogP contribution in [0.3, 0.4) is 0 Å². The van der Waals surface area contributed by atoms with Crippen LogP contribution in [0.15, 0.2) is 47.5 Å². The lowest BCUT2D eigenvalue weighted by atomic mass is 10.0. The molecule has 110 valence electrons. The number of rotatable bonds is 5. The molecule has 0 bridgehead atoms. The van der Waals surface area contributed by atoms with Crippen LogP contribution in [0.4, 0.5) is 5.69 Å². The van der Waals surface area contributed by atoms with Crippen molar-refractivity contribution in [3.05, 3.63) is 58.6 Å². The molecule has 0 atom stereocenters. The lowest BCUT2D eigenvalue weighted by Gasteiger charge is -2.07. The summed E-state index contributed by atoms with van der Waals surface area (Å²) >= 11 is 6.04. The minimum absolute atomic E-state index is 0.528. The Labute approximate surface area is 131 Å². The van der Waals surface area contributed by atoms with Crippen molar-refractivity contribution in [1.82, 2.24) is 0 Å². The SMILES string of the molecule is CCOc1ccc(Cl)cc1C=Nc1ccc(C(C)C)cc1. The van der Waals surface area contributed by atoms with Gasteiger partial charge in [0.2, 0.25) is 0 Å². The third-order valence-corrected chi connectivity index (χ3v) is 3.42. The lowest BCUT2D eigenvalue weighted by molar-refractivity contribution is 0.340. The van der Waals surface area contributed by atoms with E-state index in [2.05, 4.69) is 31.0 Å². The maximum absolute atomic E-state index is 6.04. The van der Waals surface area contributed by atoms with Crippen LogP contribution in [0.1, 0.15) is 37.8 Å². The number of hydrogen-bond acceptors (Lipinski definition) is 2. The molecule has 0 radical (unpaired) electrons. The van der Waals surface area contributed by atoms with E-state index in [-0.39, 0.29) is 0 Å². The fraction of sp³-hybridized carbons (Fsp3) is 0.278. The molecule has 0 aliphatic rings. The molecule has 0 heterocycles. The zero-order valence-corrected chi connectivity index (χ0v) is 13.4. The zero-order valence-electron chi connectivity index (χ0n) is 12.6. The van der Waals surface area contributed by atoms with Crippen molar-refractivity contribution in [1.29, 1.82) is 0 Å². The molecule has 2 aromatic carbocycles. The first-order valence-corrected chi connectivity index (χ1v) is 7.54. The molecule has 0 saturated carbocycles. The van der Waals surface area contributed by atoms with Crippen LogP contribution in [-0.4, -0.2) is 12.8 Å². The van der Waals surface area contributed by atoms with Gasteiger partial charge < -0.3 is 4.74 Å². The van der Waals surface area contributed by atoms with E-state index in [9.17, 15) is 0 Å². The van der Waals surface area contributed by atoms with E-state index in [0.29, 0.717) is 17.5 Å². The maximum Gasteiger partial charge on any atom is 0.128 e. The summed E-state index contributed by atoms with van der Waals surface area (Å²) in [6.45, 7) is 6.93. The Morgan fingerprint density at radius 3 is 2.48 bits per heavy atom. The summed E-state index contributed by atoms with van der Waals surface area (Å²) in [6, 6.07) is 13.8. The molecule has 0 fully saturated rings. The maximum atomic E-state index is 6.04. The van der Waals surface area contributed by atoms with Gasteiger partial charge in [-0.2, -0.15) is 0 Å². The molecule has 21 heavy (non-hydrogen) atoms. The first-order valence-electron chi connectivity index (χ1n) is 7.16. The highest BCUT2D eigenvalue weighted by molar-refractivity contribution is 6.30. The second-order valence-electron chi connectivity index (χ2n) is 5.12. The van der Waals surface area contributed by atoms with Crippen molar-refractivity contribution in [2.75, 3.05) is 6.61 Å². The number of aliphatic imine (C=N–C) groups is 1. The Balaban J connectivity index is 2.22. The Morgan fingerprint density at radius 1 is 1.14 bits per heavy atom. The minimum atomic E-state index is 0.528. The number of hydrogen-bond donors (Lipinski definition) is 0. The van der Waals surface area contributed by atoms with Crippen LogP contribution in [0.25, 0.3) is 0 Å². The van der Waals surface area contributed by atoms with Gasteiger partial charge >= 0.3 is 0 Å². The highest BCUT2D eigenvalue weighted by atomic mass is 35.5. The molecule has 0 aliphatic heterocycles. The van der Waals surface area contributed by atoms with Crippen LogP contribution >= 0.6 is 11.6 Å². The van der Waals surface area contributed by atoms with Crippen LogP contribution in [-0.2, 0) is 0 Å². The van der Waals surface area contributed by atoms with Gasteiger partial charge in [-0.05, 0) is 48.7 Å². The molecule has 0 unspecified atom stereocenters. The molecule has 0 amide bonds. The number of nitrogens with zero attached hydrogens (tertiary/aromatic N) is 1. The van der Waals surface area contributed by atoms with Crippen molar-refractivity contribution in [2.24, 2.45) is 4.99 Å². The van der Waals surface area contributed by atoms with Crippen molar-refractivity contribution in [2.45, 2.75) is 26.7 Å². The molecule has 0 aliphatic carbocycles. The molecule has 2 nitrogen and oxygen atoms in total. The minimum Gasteiger partial charge on any atom is -0.493 e. The molecule has 0 saturated heterocycles. The summed E-state index contributed by atoms with van der Waals surface area (Å²) in [7, 11) is 0. The molecule has 0 aromatic heterocycles. The highest BCUT2D eigenvalue weighted by Gasteiger charge is 2.02. The van der Waals surface area contributed by atoms with Crippen LogP contribution in [0.2, 0.25) is 5.02 Å². The second-order valence-corrected chi connectivity index (χ2v) is 5.56. The van der Waals surface area contributed by atoms with Crippen LogP contribution in [0, 0.1) is 0 Å². The predicted molar refractivity (Wildman–Crippen MR) is 90.4 cm³/mol. The second kappa shape index (κ2) is 7.28. The molecule has 2 rings (SSSR count). The van der Waals surface area contributed by atoms with E-state index in [4.69, 9.17) is 16.3 Å². The van der Waals surface area contributed by atoms with Gasteiger partial charge in [-0.1, -0.05) is 37.6 Å². The molecular weight excluding hydrogens is 282 g/mol.